The molecule has 1 aliphatic rings. The molecule has 0 aromatic heterocycles. The van der Waals surface area contributed by atoms with Gasteiger partial charge in [-0.05, 0) is 24.1 Å². The summed E-state index contributed by atoms with van der Waals surface area (Å²) >= 11 is 5.79. The molecule has 1 heterocycles. The van der Waals surface area contributed by atoms with Crippen LogP contribution < -0.4 is 16.6 Å². The summed E-state index contributed by atoms with van der Waals surface area (Å²) in [6.07, 6.45) is 0.947. The molecule has 0 amide bonds. The van der Waals surface area contributed by atoms with E-state index >= 15 is 0 Å². The molecule has 2 unspecified atom stereocenters. The zero-order valence-electron chi connectivity index (χ0n) is 7.13. The number of rotatable bonds is 1. The highest BCUT2D eigenvalue weighted by Crippen LogP contribution is 2.21. The van der Waals surface area contributed by atoms with Crippen LogP contribution in [-0.2, 0) is 0 Å². The lowest BCUT2D eigenvalue weighted by Gasteiger charge is -2.08. The molecule has 0 saturated carbocycles. The quantitative estimate of drug-likeness (QED) is 0.634. The summed E-state index contributed by atoms with van der Waals surface area (Å²) in [6.45, 7) is 0. The third kappa shape index (κ3) is 2.00. The molecule has 1 saturated heterocycles. The van der Waals surface area contributed by atoms with E-state index in [1.54, 1.807) is 0 Å². The standard InChI is InChI=1S/C9H12ClN3/c10-7-3-1-6(2-4-7)8-5-9(11)13-12-8/h1-4,8-9,12-13H,5,11H2. The van der Waals surface area contributed by atoms with Gasteiger partial charge in [0, 0.05) is 11.1 Å². The summed E-state index contributed by atoms with van der Waals surface area (Å²) in [5.41, 5.74) is 13.0. The van der Waals surface area contributed by atoms with Crippen LogP contribution in [0.25, 0.3) is 0 Å². The predicted octanol–water partition coefficient (Wildman–Crippen LogP) is 1.16. The van der Waals surface area contributed by atoms with Gasteiger partial charge in [0.2, 0.25) is 0 Å². The first-order valence-electron chi connectivity index (χ1n) is 4.28. The Labute approximate surface area is 82.2 Å². The van der Waals surface area contributed by atoms with Crippen molar-refractivity contribution in [2.45, 2.75) is 18.6 Å². The molecule has 0 bridgehead atoms. The zero-order valence-corrected chi connectivity index (χ0v) is 7.88. The smallest absolute Gasteiger partial charge is 0.0698 e. The minimum Gasteiger partial charge on any atom is -0.315 e. The maximum absolute atomic E-state index is 5.79. The summed E-state index contributed by atoms with van der Waals surface area (Å²) in [5, 5.41) is 0.763. The summed E-state index contributed by atoms with van der Waals surface area (Å²) in [7, 11) is 0. The van der Waals surface area contributed by atoms with E-state index in [0.29, 0.717) is 6.04 Å². The van der Waals surface area contributed by atoms with E-state index in [2.05, 4.69) is 10.9 Å². The van der Waals surface area contributed by atoms with E-state index in [1.165, 1.54) is 5.56 Å². The van der Waals surface area contributed by atoms with Crippen molar-refractivity contribution in [3.05, 3.63) is 34.9 Å². The maximum atomic E-state index is 5.79. The van der Waals surface area contributed by atoms with Crippen LogP contribution in [0.3, 0.4) is 0 Å². The van der Waals surface area contributed by atoms with Crippen LogP contribution in [0, 0.1) is 0 Å². The van der Waals surface area contributed by atoms with Crippen LogP contribution >= 0.6 is 11.6 Å². The molecule has 0 spiro atoms. The van der Waals surface area contributed by atoms with E-state index in [4.69, 9.17) is 17.3 Å². The minimum absolute atomic E-state index is 0.0423. The van der Waals surface area contributed by atoms with Crippen LogP contribution in [0.2, 0.25) is 5.02 Å². The Kier molecular flexibility index (Phi) is 2.51. The molecule has 1 fully saturated rings. The fourth-order valence-electron chi connectivity index (χ4n) is 1.49. The maximum Gasteiger partial charge on any atom is 0.0698 e. The van der Waals surface area contributed by atoms with Crippen molar-refractivity contribution < 1.29 is 0 Å². The normalized spacial score (nSPS) is 27.8. The van der Waals surface area contributed by atoms with Gasteiger partial charge in [0.25, 0.3) is 0 Å². The zero-order chi connectivity index (χ0) is 9.26. The first-order valence-corrected chi connectivity index (χ1v) is 4.65. The number of hydrazine groups is 1. The first-order chi connectivity index (χ1) is 6.25. The molecular weight excluding hydrogens is 186 g/mol. The van der Waals surface area contributed by atoms with Crippen molar-refractivity contribution in [3.8, 4) is 0 Å². The Morgan fingerprint density at radius 2 is 1.92 bits per heavy atom. The van der Waals surface area contributed by atoms with Gasteiger partial charge in [0.05, 0.1) is 6.17 Å². The molecule has 70 valence electrons. The van der Waals surface area contributed by atoms with Gasteiger partial charge in [-0.3, -0.25) is 0 Å². The van der Waals surface area contributed by atoms with Gasteiger partial charge in [-0.25, -0.2) is 10.9 Å². The monoisotopic (exact) mass is 197 g/mol. The fourth-order valence-corrected chi connectivity index (χ4v) is 1.62. The van der Waals surface area contributed by atoms with Gasteiger partial charge in [-0.2, -0.15) is 0 Å². The molecule has 3 nitrogen and oxygen atoms in total. The summed E-state index contributed by atoms with van der Waals surface area (Å²) in [4.78, 5) is 0. The highest BCUT2D eigenvalue weighted by Gasteiger charge is 2.21. The largest absolute Gasteiger partial charge is 0.315 e. The molecule has 2 atom stereocenters. The fraction of sp³-hybridized carbons (Fsp3) is 0.333. The van der Waals surface area contributed by atoms with E-state index in [9.17, 15) is 0 Å². The molecular formula is C9H12ClN3. The number of hydrogen-bond acceptors (Lipinski definition) is 3. The van der Waals surface area contributed by atoms with Gasteiger partial charge in [-0.15, -0.1) is 0 Å². The second-order valence-electron chi connectivity index (χ2n) is 3.24. The molecule has 0 radical (unpaired) electrons. The van der Waals surface area contributed by atoms with Gasteiger partial charge < -0.3 is 5.73 Å². The number of benzene rings is 1. The van der Waals surface area contributed by atoms with Crippen LogP contribution in [0.4, 0.5) is 0 Å². The van der Waals surface area contributed by atoms with Gasteiger partial charge in [0.15, 0.2) is 0 Å². The van der Waals surface area contributed by atoms with Gasteiger partial charge in [0.1, 0.15) is 0 Å². The van der Waals surface area contributed by atoms with Crippen LogP contribution in [0.1, 0.15) is 18.0 Å². The number of hydrogen-bond donors (Lipinski definition) is 3. The van der Waals surface area contributed by atoms with Crippen LogP contribution in [-0.4, -0.2) is 6.17 Å². The predicted molar refractivity (Wildman–Crippen MR) is 53.1 cm³/mol. The third-order valence-corrected chi connectivity index (χ3v) is 2.46. The molecule has 1 aromatic carbocycles. The molecule has 4 heteroatoms. The van der Waals surface area contributed by atoms with Crippen LogP contribution in [0.15, 0.2) is 24.3 Å². The first kappa shape index (κ1) is 8.97. The topological polar surface area (TPSA) is 50.1 Å². The molecule has 0 aliphatic carbocycles. The van der Waals surface area contributed by atoms with Crippen molar-refractivity contribution >= 4 is 11.6 Å². The van der Waals surface area contributed by atoms with Crippen molar-refractivity contribution in [1.82, 2.24) is 10.9 Å². The Morgan fingerprint density at radius 1 is 1.23 bits per heavy atom. The SMILES string of the molecule is NC1CC(c2ccc(Cl)cc2)NN1. The van der Waals surface area contributed by atoms with E-state index in [0.717, 1.165) is 11.4 Å². The lowest BCUT2D eigenvalue weighted by molar-refractivity contribution is 0.552. The second-order valence-corrected chi connectivity index (χ2v) is 3.67. The highest BCUT2D eigenvalue weighted by molar-refractivity contribution is 6.30. The minimum atomic E-state index is 0.0423. The van der Waals surface area contributed by atoms with E-state index in [1.807, 2.05) is 24.3 Å². The molecule has 2 rings (SSSR count). The third-order valence-electron chi connectivity index (χ3n) is 2.20. The van der Waals surface area contributed by atoms with Crippen molar-refractivity contribution in [3.63, 3.8) is 0 Å². The Hall–Kier alpha value is -0.610. The number of halogens is 1. The Bertz CT molecular complexity index is 285. The second kappa shape index (κ2) is 3.64. The molecule has 1 aromatic rings. The lowest BCUT2D eigenvalue weighted by Crippen LogP contribution is -2.36. The van der Waals surface area contributed by atoms with Gasteiger partial charge in [-0.1, -0.05) is 23.7 Å². The van der Waals surface area contributed by atoms with Crippen molar-refractivity contribution in [2.75, 3.05) is 0 Å². The highest BCUT2D eigenvalue weighted by atomic mass is 35.5. The number of nitrogens with one attached hydrogen (secondary N) is 2. The van der Waals surface area contributed by atoms with Crippen molar-refractivity contribution in [2.24, 2.45) is 5.73 Å². The molecule has 4 N–H and O–H groups in total. The lowest BCUT2D eigenvalue weighted by atomic mass is 10.1. The van der Waals surface area contributed by atoms with E-state index in [-0.39, 0.29) is 6.17 Å². The molecule has 1 aliphatic heterocycles. The van der Waals surface area contributed by atoms with Crippen LogP contribution in [0.5, 0.6) is 0 Å². The summed E-state index contributed by atoms with van der Waals surface area (Å²) in [6, 6.07) is 8.11. The summed E-state index contributed by atoms with van der Waals surface area (Å²) < 4.78 is 0. The number of nitrogens with two attached hydrogens (primary N) is 1. The van der Waals surface area contributed by atoms with Gasteiger partial charge >= 0.3 is 0 Å². The van der Waals surface area contributed by atoms with Crippen molar-refractivity contribution in [1.29, 1.82) is 0 Å². The van der Waals surface area contributed by atoms with E-state index < -0.39 is 0 Å². The Morgan fingerprint density at radius 3 is 2.46 bits per heavy atom. The average molecular weight is 198 g/mol. The molecule has 13 heavy (non-hydrogen) atoms. The Balaban J connectivity index is 2.13. The average Bonchev–Trinajstić information content (AvgIpc) is 2.53. The summed E-state index contributed by atoms with van der Waals surface area (Å²) in [5.74, 6) is 0.